The topological polar surface area (TPSA) is 86.8 Å². The molecule has 1 N–H and O–H groups in total. The molecule has 0 aliphatic carbocycles. The summed E-state index contributed by atoms with van der Waals surface area (Å²) in [7, 11) is -4.26. The van der Waals surface area contributed by atoms with Crippen molar-refractivity contribution in [2.75, 3.05) is 10.8 Å². The molecule has 0 spiro atoms. The van der Waals surface area contributed by atoms with Crippen LogP contribution in [0.1, 0.15) is 43.0 Å². The van der Waals surface area contributed by atoms with Gasteiger partial charge in [0.2, 0.25) is 11.8 Å². The van der Waals surface area contributed by atoms with E-state index in [2.05, 4.69) is 5.32 Å². The van der Waals surface area contributed by atoms with Crippen LogP contribution in [-0.2, 0) is 32.6 Å². The highest BCUT2D eigenvalue weighted by molar-refractivity contribution is 7.92. The number of hydrogen-bond acceptors (Lipinski definition) is 4. The van der Waals surface area contributed by atoms with Crippen LogP contribution in [0.4, 0.5) is 5.69 Å². The van der Waals surface area contributed by atoms with Crippen molar-refractivity contribution in [3.8, 4) is 0 Å². The summed E-state index contributed by atoms with van der Waals surface area (Å²) < 4.78 is 29.4. The van der Waals surface area contributed by atoms with Crippen LogP contribution in [0.2, 0.25) is 10.0 Å². The average molecular weight is 681 g/mol. The first-order valence-corrected chi connectivity index (χ1v) is 17.1. The van der Waals surface area contributed by atoms with Crippen LogP contribution in [0.25, 0.3) is 0 Å². The Bertz CT molecular complexity index is 1770. The fraction of sp³-hybridized carbons (Fsp3) is 0.278. The Morgan fingerprint density at radius 1 is 0.783 bits per heavy atom. The second-order valence-electron chi connectivity index (χ2n) is 12.4. The van der Waals surface area contributed by atoms with Crippen molar-refractivity contribution in [3.63, 3.8) is 0 Å². The fourth-order valence-corrected chi connectivity index (χ4v) is 6.60. The van der Waals surface area contributed by atoms with Crippen LogP contribution in [-0.4, -0.2) is 43.3 Å². The van der Waals surface area contributed by atoms with Crippen molar-refractivity contribution in [3.05, 3.63) is 129 Å². The minimum Gasteiger partial charge on any atom is -0.350 e. The van der Waals surface area contributed by atoms with Crippen molar-refractivity contribution in [2.45, 2.75) is 64.1 Å². The lowest BCUT2D eigenvalue weighted by Crippen LogP contribution is -2.56. The number of amides is 2. The molecule has 0 aliphatic heterocycles. The molecule has 46 heavy (non-hydrogen) atoms. The summed E-state index contributed by atoms with van der Waals surface area (Å²) >= 11 is 12.5. The Labute approximate surface area is 282 Å². The molecular formula is C36H39Cl2N3O4S. The molecule has 0 radical (unpaired) electrons. The van der Waals surface area contributed by atoms with Crippen LogP contribution >= 0.6 is 23.2 Å². The van der Waals surface area contributed by atoms with E-state index in [1.807, 2.05) is 89.2 Å². The van der Waals surface area contributed by atoms with Gasteiger partial charge in [0.25, 0.3) is 10.0 Å². The molecule has 7 nitrogen and oxygen atoms in total. The van der Waals surface area contributed by atoms with Gasteiger partial charge >= 0.3 is 0 Å². The predicted octanol–water partition coefficient (Wildman–Crippen LogP) is 7.36. The maximum Gasteiger partial charge on any atom is 0.264 e. The second kappa shape index (κ2) is 14.7. The molecule has 0 unspecified atom stereocenters. The van der Waals surface area contributed by atoms with Gasteiger partial charge in [-0.2, -0.15) is 0 Å². The highest BCUT2D eigenvalue weighted by Gasteiger charge is 2.35. The van der Waals surface area contributed by atoms with Gasteiger partial charge in [-0.05, 0) is 76.1 Å². The zero-order valence-electron chi connectivity index (χ0n) is 26.6. The first-order chi connectivity index (χ1) is 21.6. The Balaban J connectivity index is 1.83. The highest BCUT2D eigenvalue weighted by atomic mass is 35.5. The van der Waals surface area contributed by atoms with Gasteiger partial charge in [0.05, 0.1) is 20.6 Å². The first kappa shape index (κ1) is 35.0. The number of benzene rings is 4. The molecule has 10 heteroatoms. The Hall–Kier alpha value is -3.85. The number of halogens is 2. The summed E-state index contributed by atoms with van der Waals surface area (Å²) in [5.41, 5.74) is 3.16. The number of nitrogens with zero attached hydrogens (tertiary/aromatic N) is 2. The van der Waals surface area contributed by atoms with E-state index in [9.17, 15) is 18.0 Å². The standard InChI is InChI=1S/C36H39Cl2N3O4S/c1-25-11-15-28(16-12-25)23-40(33(35(43)39-36(3,4)5)21-27-9-7-6-8-10-27)34(42)24-41(29-17-20-31(37)32(38)22-29)46(44,45)30-18-13-26(2)14-19-30/h6-20,22,33H,21,23-24H2,1-5H3,(H,39,43)/t33-/m1/s1. The zero-order valence-corrected chi connectivity index (χ0v) is 29.0. The minimum atomic E-state index is -4.26. The summed E-state index contributed by atoms with van der Waals surface area (Å²) in [6.07, 6.45) is 0.220. The van der Waals surface area contributed by atoms with Crippen molar-refractivity contribution in [2.24, 2.45) is 0 Å². The molecule has 0 aromatic heterocycles. The third kappa shape index (κ3) is 9.12. The fourth-order valence-electron chi connectivity index (χ4n) is 4.90. The number of carbonyl (C=O) groups excluding carboxylic acids is 2. The minimum absolute atomic E-state index is 0.00775. The van der Waals surface area contributed by atoms with Gasteiger partial charge in [-0.25, -0.2) is 8.42 Å². The molecular weight excluding hydrogens is 641 g/mol. The van der Waals surface area contributed by atoms with E-state index in [-0.39, 0.29) is 39.5 Å². The number of carbonyl (C=O) groups is 2. The van der Waals surface area contributed by atoms with Gasteiger partial charge in [0.15, 0.2) is 0 Å². The normalized spacial score (nSPS) is 12.3. The summed E-state index contributed by atoms with van der Waals surface area (Å²) in [6, 6.07) is 26.9. The molecule has 2 amide bonds. The number of hydrogen-bond donors (Lipinski definition) is 1. The first-order valence-electron chi connectivity index (χ1n) is 14.9. The predicted molar refractivity (Wildman–Crippen MR) is 186 cm³/mol. The third-order valence-corrected chi connectivity index (χ3v) is 9.85. The van der Waals surface area contributed by atoms with Crippen LogP contribution < -0.4 is 9.62 Å². The van der Waals surface area contributed by atoms with E-state index < -0.39 is 34.1 Å². The van der Waals surface area contributed by atoms with E-state index in [0.29, 0.717) is 0 Å². The van der Waals surface area contributed by atoms with Gasteiger partial charge < -0.3 is 10.2 Å². The van der Waals surface area contributed by atoms with Gasteiger partial charge in [0.1, 0.15) is 12.6 Å². The number of anilines is 1. The molecule has 242 valence electrons. The molecule has 0 saturated heterocycles. The van der Waals surface area contributed by atoms with Gasteiger partial charge in [-0.3, -0.25) is 13.9 Å². The lowest BCUT2D eigenvalue weighted by Gasteiger charge is -2.35. The summed E-state index contributed by atoms with van der Waals surface area (Å²) in [4.78, 5) is 30.0. The Morgan fingerprint density at radius 3 is 1.93 bits per heavy atom. The van der Waals surface area contributed by atoms with Gasteiger partial charge in [-0.15, -0.1) is 0 Å². The molecule has 0 fully saturated rings. The van der Waals surface area contributed by atoms with E-state index in [1.54, 1.807) is 12.1 Å². The third-order valence-electron chi connectivity index (χ3n) is 7.32. The van der Waals surface area contributed by atoms with Crippen LogP contribution in [0.3, 0.4) is 0 Å². The van der Waals surface area contributed by atoms with Crippen molar-refractivity contribution >= 4 is 50.7 Å². The summed E-state index contributed by atoms with van der Waals surface area (Å²) in [5.74, 6) is -0.911. The number of nitrogens with one attached hydrogen (secondary N) is 1. The number of sulfonamides is 1. The van der Waals surface area contributed by atoms with E-state index in [0.717, 1.165) is 26.6 Å². The summed E-state index contributed by atoms with van der Waals surface area (Å²) in [5, 5.41) is 3.41. The number of aryl methyl sites for hydroxylation is 2. The Kier molecular flexibility index (Phi) is 11.2. The monoisotopic (exact) mass is 679 g/mol. The van der Waals surface area contributed by atoms with Crippen LogP contribution in [0.5, 0.6) is 0 Å². The molecule has 0 heterocycles. The SMILES string of the molecule is Cc1ccc(CN(C(=O)CN(c2ccc(Cl)c(Cl)c2)S(=O)(=O)c2ccc(C)cc2)[C@H](Cc2ccccc2)C(=O)NC(C)(C)C)cc1. The Morgan fingerprint density at radius 2 is 1.37 bits per heavy atom. The van der Waals surface area contributed by atoms with E-state index in [1.165, 1.54) is 35.2 Å². The average Bonchev–Trinajstić information content (AvgIpc) is 2.99. The van der Waals surface area contributed by atoms with Crippen LogP contribution in [0, 0.1) is 13.8 Å². The van der Waals surface area contributed by atoms with Crippen molar-refractivity contribution in [1.29, 1.82) is 0 Å². The van der Waals surface area contributed by atoms with Crippen LogP contribution in [0.15, 0.2) is 102 Å². The second-order valence-corrected chi connectivity index (χ2v) is 15.1. The zero-order chi connectivity index (χ0) is 33.6. The largest absolute Gasteiger partial charge is 0.350 e. The van der Waals surface area contributed by atoms with E-state index >= 15 is 0 Å². The summed E-state index contributed by atoms with van der Waals surface area (Å²) in [6.45, 7) is 8.92. The van der Waals surface area contributed by atoms with Gasteiger partial charge in [-0.1, -0.05) is 101 Å². The highest BCUT2D eigenvalue weighted by Crippen LogP contribution is 2.31. The molecule has 0 saturated carbocycles. The molecule has 4 rings (SSSR count). The molecule has 4 aromatic carbocycles. The molecule has 0 aliphatic rings. The molecule has 4 aromatic rings. The van der Waals surface area contributed by atoms with Gasteiger partial charge in [0, 0.05) is 18.5 Å². The van der Waals surface area contributed by atoms with Crippen molar-refractivity contribution in [1.82, 2.24) is 10.2 Å². The smallest absolute Gasteiger partial charge is 0.264 e. The van der Waals surface area contributed by atoms with E-state index in [4.69, 9.17) is 23.2 Å². The maximum atomic E-state index is 14.6. The lowest BCUT2D eigenvalue weighted by molar-refractivity contribution is -0.140. The quantitative estimate of drug-likeness (QED) is 0.179. The molecule has 0 bridgehead atoms. The maximum absolute atomic E-state index is 14.6. The molecule has 1 atom stereocenters. The van der Waals surface area contributed by atoms with Crippen molar-refractivity contribution < 1.29 is 18.0 Å². The number of rotatable bonds is 11. The lowest BCUT2D eigenvalue weighted by atomic mass is 10.0.